The van der Waals surface area contributed by atoms with Crippen molar-refractivity contribution in [2.24, 2.45) is 7.05 Å². The molecule has 0 N–H and O–H groups in total. The molecule has 0 amide bonds. The first-order chi connectivity index (χ1) is 6.91. The van der Waals surface area contributed by atoms with Crippen LogP contribution in [0, 0.1) is 0 Å². The van der Waals surface area contributed by atoms with Crippen LogP contribution in [-0.4, -0.2) is 14.2 Å². The number of aryl methyl sites for hydroxylation is 1. The van der Waals surface area contributed by atoms with Gasteiger partial charge in [-0.3, -0.25) is 0 Å². The predicted molar refractivity (Wildman–Crippen MR) is 45.4 cm³/mol. The quantitative estimate of drug-likeness (QED) is 0.661. The van der Waals surface area contributed by atoms with Crippen LogP contribution in [0.2, 0.25) is 0 Å². The molecule has 0 saturated carbocycles. The summed E-state index contributed by atoms with van der Waals surface area (Å²) >= 11 is 0. The zero-order chi connectivity index (χ0) is 11.2. The Bertz CT molecular complexity index is 566. The molecule has 0 aliphatic heterocycles. The highest BCUT2D eigenvalue weighted by molar-refractivity contribution is 5.48. The SMILES string of the molecule is Cn1nc2c(C(F)(F)F)cccn2c1=O. The normalized spacial score (nSPS) is 12.3. The summed E-state index contributed by atoms with van der Waals surface area (Å²) in [7, 11) is 1.30. The Morgan fingerprint density at radius 3 is 2.67 bits per heavy atom. The number of hydrogen-bond donors (Lipinski definition) is 0. The third kappa shape index (κ3) is 1.39. The lowest BCUT2D eigenvalue weighted by Crippen LogP contribution is -2.17. The number of halogens is 3. The van der Waals surface area contributed by atoms with E-state index in [0.717, 1.165) is 15.1 Å². The molecule has 0 spiro atoms. The van der Waals surface area contributed by atoms with Crippen LogP contribution in [0.5, 0.6) is 0 Å². The van der Waals surface area contributed by atoms with E-state index in [1.807, 2.05) is 0 Å². The lowest BCUT2D eigenvalue weighted by atomic mass is 10.2. The van der Waals surface area contributed by atoms with Gasteiger partial charge in [-0.25, -0.2) is 13.9 Å². The summed E-state index contributed by atoms with van der Waals surface area (Å²) in [5, 5.41) is 3.53. The fourth-order valence-electron chi connectivity index (χ4n) is 1.32. The van der Waals surface area contributed by atoms with E-state index in [0.29, 0.717) is 0 Å². The number of alkyl halides is 3. The van der Waals surface area contributed by atoms with E-state index < -0.39 is 17.4 Å². The maximum absolute atomic E-state index is 12.5. The standard InChI is InChI=1S/C8H6F3N3O/c1-13-7(15)14-4-2-3-5(6(14)12-13)8(9,10)11/h2-4H,1H3. The summed E-state index contributed by atoms with van der Waals surface area (Å²) in [4.78, 5) is 11.3. The van der Waals surface area contributed by atoms with Crippen molar-refractivity contribution >= 4 is 5.65 Å². The van der Waals surface area contributed by atoms with Crippen LogP contribution in [0.4, 0.5) is 13.2 Å². The summed E-state index contributed by atoms with van der Waals surface area (Å²) in [6.45, 7) is 0. The second-order valence-corrected chi connectivity index (χ2v) is 3.02. The van der Waals surface area contributed by atoms with Gasteiger partial charge in [-0.2, -0.15) is 13.2 Å². The van der Waals surface area contributed by atoms with Crippen LogP contribution in [0.15, 0.2) is 23.1 Å². The summed E-state index contributed by atoms with van der Waals surface area (Å²) in [6, 6.07) is 2.06. The Kier molecular flexibility index (Phi) is 1.85. The number of rotatable bonds is 0. The monoisotopic (exact) mass is 217 g/mol. The number of fused-ring (bicyclic) bond motifs is 1. The smallest absolute Gasteiger partial charge is 0.250 e. The van der Waals surface area contributed by atoms with Crippen LogP contribution in [0.3, 0.4) is 0 Å². The number of pyridine rings is 1. The highest BCUT2D eigenvalue weighted by Crippen LogP contribution is 2.30. The van der Waals surface area contributed by atoms with Crippen LogP contribution in [0.1, 0.15) is 5.56 Å². The molecule has 0 saturated heterocycles. The third-order valence-corrected chi connectivity index (χ3v) is 2.00. The molecule has 2 aromatic rings. The topological polar surface area (TPSA) is 39.3 Å². The molecule has 0 unspecified atom stereocenters. The molecule has 0 aliphatic rings. The van der Waals surface area contributed by atoms with Gasteiger partial charge in [0, 0.05) is 13.2 Å². The summed E-state index contributed by atoms with van der Waals surface area (Å²) in [5.41, 5.74) is -1.89. The summed E-state index contributed by atoms with van der Waals surface area (Å²) in [6.07, 6.45) is -3.26. The van der Waals surface area contributed by atoms with Crippen LogP contribution in [-0.2, 0) is 13.2 Å². The Morgan fingerprint density at radius 2 is 2.07 bits per heavy atom. The number of aromatic nitrogens is 3. The molecule has 2 heterocycles. The van der Waals surface area contributed by atoms with Crippen LogP contribution >= 0.6 is 0 Å². The van der Waals surface area contributed by atoms with E-state index in [1.54, 1.807) is 0 Å². The first-order valence-electron chi connectivity index (χ1n) is 4.03. The Balaban J connectivity index is 2.89. The van der Waals surface area contributed by atoms with E-state index in [-0.39, 0.29) is 5.65 Å². The van der Waals surface area contributed by atoms with E-state index in [9.17, 15) is 18.0 Å². The molecule has 7 heteroatoms. The zero-order valence-corrected chi connectivity index (χ0v) is 7.62. The van der Waals surface area contributed by atoms with Crippen molar-refractivity contribution in [3.05, 3.63) is 34.4 Å². The van der Waals surface area contributed by atoms with Gasteiger partial charge in [0.2, 0.25) is 0 Å². The maximum Gasteiger partial charge on any atom is 0.420 e. The van der Waals surface area contributed by atoms with Gasteiger partial charge < -0.3 is 0 Å². The van der Waals surface area contributed by atoms with Crippen molar-refractivity contribution in [3.8, 4) is 0 Å². The molecular weight excluding hydrogens is 211 g/mol. The van der Waals surface area contributed by atoms with Gasteiger partial charge in [0.1, 0.15) is 5.56 Å². The van der Waals surface area contributed by atoms with Gasteiger partial charge in [0.25, 0.3) is 0 Å². The van der Waals surface area contributed by atoms with Crippen molar-refractivity contribution < 1.29 is 13.2 Å². The molecule has 4 nitrogen and oxygen atoms in total. The molecule has 80 valence electrons. The second kappa shape index (κ2) is 2.85. The van der Waals surface area contributed by atoms with E-state index >= 15 is 0 Å². The minimum Gasteiger partial charge on any atom is -0.250 e. The van der Waals surface area contributed by atoms with Gasteiger partial charge in [-0.05, 0) is 12.1 Å². The summed E-state index contributed by atoms with van der Waals surface area (Å²) < 4.78 is 39.2. The van der Waals surface area contributed by atoms with Gasteiger partial charge in [0.15, 0.2) is 5.65 Å². The zero-order valence-electron chi connectivity index (χ0n) is 7.62. The van der Waals surface area contributed by atoms with Crippen molar-refractivity contribution in [2.75, 3.05) is 0 Å². The molecule has 0 radical (unpaired) electrons. The van der Waals surface area contributed by atoms with Gasteiger partial charge >= 0.3 is 11.9 Å². The first kappa shape index (κ1) is 9.75. The minimum atomic E-state index is -4.51. The lowest BCUT2D eigenvalue weighted by Gasteiger charge is -2.05. The van der Waals surface area contributed by atoms with Gasteiger partial charge in [-0.15, -0.1) is 5.10 Å². The van der Waals surface area contributed by atoms with Gasteiger partial charge in [-0.1, -0.05) is 0 Å². The largest absolute Gasteiger partial charge is 0.420 e. The molecular formula is C8H6F3N3O. The molecule has 0 aromatic carbocycles. The highest BCUT2D eigenvalue weighted by atomic mass is 19.4. The Morgan fingerprint density at radius 1 is 1.40 bits per heavy atom. The molecule has 2 aromatic heterocycles. The highest BCUT2D eigenvalue weighted by Gasteiger charge is 2.34. The number of nitrogens with zero attached hydrogens (tertiary/aromatic N) is 3. The number of hydrogen-bond acceptors (Lipinski definition) is 2. The van der Waals surface area contributed by atoms with Crippen molar-refractivity contribution in [2.45, 2.75) is 6.18 Å². The first-order valence-corrected chi connectivity index (χ1v) is 4.03. The fraction of sp³-hybridized carbons (Fsp3) is 0.250. The predicted octanol–water partition coefficient (Wildman–Crippen LogP) is 1.05. The van der Waals surface area contributed by atoms with Crippen molar-refractivity contribution in [3.63, 3.8) is 0 Å². The minimum absolute atomic E-state index is 0.377. The Hall–Kier alpha value is -1.79. The van der Waals surface area contributed by atoms with Gasteiger partial charge in [0.05, 0.1) is 0 Å². The molecule has 15 heavy (non-hydrogen) atoms. The maximum atomic E-state index is 12.5. The van der Waals surface area contributed by atoms with E-state index in [1.165, 1.54) is 19.3 Å². The van der Waals surface area contributed by atoms with Crippen molar-refractivity contribution in [1.29, 1.82) is 0 Å². The molecule has 0 fully saturated rings. The molecule has 0 aliphatic carbocycles. The summed E-state index contributed by atoms with van der Waals surface area (Å²) in [5.74, 6) is 0. The molecule has 0 bridgehead atoms. The second-order valence-electron chi connectivity index (χ2n) is 3.02. The van der Waals surface area contributed by atoms with E-state index in [2.05, 4.69) is 5.10 Å². The molecule has 2 rings (SSSR count). The average Bonchev–Trinajstić information content (AvgIpc) is 2.41. The third-order valence-electron chi connectivity index (χ3n) is 2.00. The lowest BCUT2D eigenvalue weighted by molar-refractivity contribution is -0.136. The van der Waals surface area contributed by atoms with Crippen LogP contribution < -0.4 is 5.69 Å². The average molecular weight is 217 g/mol. The Labute approximate surface area is 81.6 Å². The molecule has 0 atom stereocenters. The van der Waals surface area contributed by atoms with Crippen LogP contribution in [0.25, 0.3) is 5.65 Å². The fourth-order valence-corrected chi connectivity index (χ4v) is 1.32. The van der Waals surface area contributed by atoms with E-state index in [4.69, 9.17) is 0 Å². The van der Waals surface area contributed by atoms with Crippen molar-refractivity contribution in [1.82, 2.24) is 14.2 Å².